The number of benzene rings is 2. The number of fused-ring (bicyclic) bond motifs is 4. The number of hydrogen-bond acceptors (Lipinski definition) is 16. The standard InChI is InChI=1S/C34H42N2O14S2/c1-15-43-13-24-31(47-15)27(37)28(38)33(48-24)49-29-18-11-21-20(45-14-46-21)10-17(18)25(26-19(29)12-44-32(26)39)16-8-22(41-2)30(23(9-16)42-3)50-34(40)36-5-7-52-51-6-4-35/h8-11,15,19,24-29,31,33,37-38H,4-7,12-14,35H2,1-3H3,(H,36,40)/p+1/t15?,19-,24?,25+,26-,27?,28?,29+,31?,33?/m0/s1. The van der Waals surface area contributed by atoms with Gasteiger partial charge in [0, 0.05) is 24.1 Å². The van der Waals surface area contributed by atoms with Gasteiger partial charge in [-0.1, -0.05) is 21.6 Å². The van der Waals surface area contributed by atoms with E-state index in [9.17, 15) is 19.8 Å². The fraction of sp³-hybridized carbons (Fsp3) is 0.588. The number of esters is 1. The van der Waals surface area contributed by atoms with Crippen LogP contribution in [-0.2, 0) is 28.5 Å². The van der Waals surface area contributed by atoms with Crippen LogP contribution in [0.5, 0.6) is 28.7 Å². The smallest absolute Gasteiger partial charge is 0.412 e. The number of ether oxygens (including phenoxy) is 10. The number of aliphatic hydroxyl groups is 2. The van der Waals surface area contributed by atoms with Gasteiger partial charge in [-0.3, -0.25) is 4.79 Å². The maximum Gasteiger partial charge on any atom is 0.412 e. The first-order valence-electron chi connectivity index (χ1n) is 17.0. The van der Waals surface area contributed by atoms with Crippen LogP contribution in [0.4, 0.5) is 4.79 Å². The van der Waals surface area contributed by atoms with Gasteiger partial charge >= 0.3 is 12.1 Å². The van der Waals surface area contributed by atoms with E-state index in [1.54, 1.807) is 52.8 Å². The van der Waals surface area contributed by atoms with E-state index in [4.69, 9.17) is 47.4 Å². The number of carbonyl (C=O) groups is 2. The van der Waals surface area contributed by atoms with Gasteiger partial charge in [0.25, 0.3) is 0 Å². The van der Waals surface area contributed by atoms with Gasteiger partial charge in [-0.2, -0.15) is 0 Å². The van der Waals surface area contributed by atoms with Crippen LogP contribution in [0.3, 0.4) is 0 Å². The summed E-state index contributed by atoms with van der Waals surface area (Å²) in [5.41, 5.74) is 5.75. The first kappa shape index (κ1) is 37.1. The average Bonchev–Trinajstić information content (AvgIpc) is 3.77. The highest BCUT2D eigenvalue weighted by molar-refractivity contribution is 8.76. The highest BCUT2D eigenvalue weighted by atomic mass is 33.1. The maximum absolute atomic E-state index is 13.7. The zero-order valence-corrected chi connectivity index (χ0v) is 30.5. The minimum Gasteiger partial charge on any atom is -0.493 e. The number of rotatable bonds is 12. The van der Waals surface area contributed by atoms with Crippen molar-refractivity contribution in [1.29, 1.82) is 0 Å². The molecule has 16 nitrogen and oxygen atoms in total. The molecule has 2 aromatic carbocycles. The zero-order chi connectivity index (χ0) is 36.5. The molecule has 0 aromatic heterocycles. The Bertz CT molecular complexity index is 1610. The Balaban J connectivity index is 1.21. The Morgan fingerprint density at radius 2 is 1.67 bits per heavy atom. The third-order valence-electron chi connectivity index (χ3n) is 9.69. The molecule has 1 aliphatic carbocycles. The lowest BCUT2D eigenvalue weighted by Gasteiger charge is -2.47. The second-order valence-corrected chi connectivity index (χ2v) is 15.5. The summed E-state index contributed by atoms with van der Waals surface area (Å²) in [6, 6.07) is 7.00. The van der Waals surface area contributed by atoms with E-state index in [1.165, 1.54) is 14.2 Å². The van der Waals surface area contributed by atoms with Gasteiger partial charge in [0.15, 0.2) is 35.6 Å². The van der Waals surface area contributed by atoms with Crippen molar-refractivity contribution in [3.63, 3.8) is 0 Å². The van der Waals surface area contributed by atoms with Crippen molar-refractivity contribution in [2.75, 3.05) is 58.8 Å². The van der Waals surface area contributed by atoms with Crippen molar-refractivity contribution in [3.05, 3.63) is 41.0 Å². The lowest BCUT2D eigenvalue weighted by Crippen LogP contribution is -2.63. The Labute approximate surface area is 307 Å². The number of cyclic esters (lactones) is 1. The molecule has 6 unspecified atom stereocenters. The second kappa shape index (κ2) is 16.0. The first-order chi connectivity index (χ1) is 25.2. The highest BCUT2D eigenvalue weighted by Gasteiger charge is 2.56. The van der Waals surface area contributed by atoms with Gasteiger partial charge in [-0.15, -0.1) is 0 Å². The Morgan fingerprint density at radius 3 is 2.38 bits per heavy atom. The minimum absolute atomic E-state index is 0.00490. The molecule has 18 heteroatoms. The molecule has 0 spiro atoms. The second-order valence-electron chi connectivity index (χ2n) is 12.8. The molecule has 6 N–H and O–H groups in total. The number of hydrogen-bond donors (Lipinski definition) is 4. The normalized spacial score (nSPS) is 31.5. The lowest BCUT2D eigenvalue weighted by molar-refractivity contribution is -0.364. The molecule has 0 bridgehead atoms. The summed E-state index contributed by atoms with van der Waals surface area (Å²) in [5.74, 6) is 0.641. The van der Waals surface area contributed by atoms with Gasteiger partial charge in [-0.05, 0) is 47.9 Å². The van der Waals surface area contributed by atoms with E-state index >= 15 is 0 Å². The van der Waals surface area contributed by atoms with Gasteiger partial charge in [0.1, 0.15) is 24.4 Å². The number of aliphatic hydroxyl groups excluding tert-OH is 2. The van der Waals surface area contributed by atoms with Gasteiger partial charge < -0.3 is 68.6 Å². The third kappa shape index (κ3) is 7.20. The van der Waals surface area contributed by atoms with Crippen LogP contribution in [0.1, 0.15) is 35.6 Å². The van der Waals surface area contributed by atoms with E-state index in [-0.39, 0.29) is 37.3 Å². The monoisotopic (exact) mass is 767 g/mol. The molecule has 52 heavy (non-hydrogen) atoms. The summed E-state index contributed by atoms with van der Waals surface area (Å²) >= 11 is 0. The molecule has 0 radical (unpaired) electrons. The number of amides is 1. The largest absolute Gasteiger partial charge is 0.493 e. The summed E-state index contributed by atoms with van der Waals surface area (Å²) in [6.45, 7) is 3.07. The van der Waals surface area contributed by atoms with Crippen molar-refractivity contribution in [3.8, 4) is 28.7 Å². The number of methoxy groups -OCH3 is 2. The molecule has 3 fully saturated rings. The van der Waals surface area contributed by atoms with Crippen molar-refractivity contribution in [1.82, 2.24) is 5.32 Å². The molecule has 0 saturated carbocycles. The van der Waals surface area contributed by atoms with E-state index in [2.05, 4.69) is 11.1 Å². The van der Waals surface area contributed by atoms with Crippen LogP contribution in [0.15, 0.2) is 24.3 Å². The van der Waals surface area contributed by atoms with Crippen LogP contribution in [0, 0.1) is 11.8 Å². The maximum atomic E-state index is 13.7. The van der Waals surface area contributed by atoms with Crippen LogP contribution in [0.25, 0.3) is 0 Å². The van der Waals surface area contributed by atoms with Crippen LogP contribution in [-0.4, -0.2) is 118 Å². The minimum atomic E-state index is -1.47. The van der Waals surface area contributed by atoms with Crippen LogP contribution < -0.4 is 34.7 Å². The van der Waals surface area contributed by atoms with Gasteiger partial charge in [0.05, 0.1) is 51.8 Å². The van der Waals surface area contributed by atoms with E-state index in [1.807, 2.05) is 0 Å². The summed E-state index contributed by atoms with van der Waals surface area (Å²) < 4.78 is 58.2. The van der Waals surface area contributed by atoms with Crippen LogP contribution in [0.2, 0.25) is 0 Å². The third-order valence-corrected chi connectivity index (χ3v) is 12.2. The fourth-order valence-electron chi connectivity index (χ4n) is 7.32. The predicted molar refractivity (Wildman–Crippen MR) is 183 cm³/mol. The Morgan fingerprint density at radius 1 is 0.962 bits per heavy atom. The van der Waals surface area contributed by atoms with E-state index < -0.39 is 72.9 Å². The topological polar surface area (TPSA) is 207 Å². The van der Waals surface area contributed by atoms with Crippen molar-refractivity contribution < 1.29 is 72.9 Å². The molecule has 10 atom stereocenters. The number of nitrogens with one attached hydrogen (secondary N) is 1. The Hall–Kier alpha value is -3.20. The summed E-state index contributed by atoms with van der Waals surface area (Å²) in [5, 5.41) is 24.9. The number of quaternary nitrogens is 1. The van der Waals surface area contributed by atoms with Crippen molar-refractivity contribution in [2.45, 2.75) is 55.9 Å². The molecular weight excluding hydrogens is 725 g/mol. The quantitative estimate of drug-likeness (QED) is 0.137. The summed E-state index contributed by atoms with van der Waals surface area (Å²) in [4.78, 5) is 26.5. The van der Waals surface area contributed by atoms with Crippen molar-refractivity contribution in [2.24, 2.45) is 11.8 Å². The lowest BCUT2D eigenvalue weighted by atomic mass is 9.66. The molecule has 284 valence electrons. The predicted octanol–water partition coefficient (Wildman–Crippen LogP) is 1.34. The van der Waals surface area contributed by atoms with Gasteiger partial charge in [-0.25, -0.2) is 4.79 Å². The molecule has 7 rings (SSSR count). The van der Waals surface area contributed by atoms with Gasteiger partial charge in [0.2, 0.25) is 12.5 Å². The SMILES string of the molecule is COc1cc([C@@H]2c3cc4c(cc3[C@@H](OC3OC5COC(C)OC5C(O)C3O)[C@H]3COC(=O)[C@H]23)OCO4)cc(OC)c1OC(=O)NCCSSCC[NH3+]. The molecule has 4 aliphatic heterocycles. The van der Waals surface area contributed by atoms with E-state index in [0.29, 0.717) is 40.5 Å². The first-order valence-corrected chi connectivity index (χ1v) is 19.5. The molecule has 1 amide bonds. The fourth-order valence-corrected chi connectivity index (χ4v) is 9.17. The Kier molecular flexibility index (Phi) is 11.5. The summed E-state index contributed by atoms with van der Waals surface area (Å²) in [6.07, 6.45) is -7.67. The van der Waals surface area contributed by atoms with E-state index in [0.717, 1.165) is 12.3 Å². The number of carbonyl (C=O) groups excluding carboxylic acids is 2. The molecule has 3 saturated heterocycles. The summed E-state index contributed by atoms with van der Waals surface area (Å²) in [7, 11) is 6.21. The average molecular weight is 768 g/mol. The molecule has 2 aromatic rings. The molecule has 4 heterocycles. The van der Waals surface area contributed by atoms with Crippen molar-refractivity contribution >= 4 is 33.7 Å². The molecular formula is C34H43N2O14S2+. The zero-order valence-electron chi connectivity index (χ0n) is 28.8. The highest BCUT2D eigenvalue weighted by Crippen LogP contribution is 2.57. The molecule has 5 aliphatic rings. The van der Waals surface area contributed by atoms with Crippen LogP contribution >= 0.6 is 21.6 Å².